The predicted octanol–water partition coefficient (Wildman–Crippen LogP) is 0.359. The van der Waals surface area contributed by atoms with Gasteiger partial charge in [-0.15, -0.1) is 0 Å². The van der Waals surface area contributed by atoms with Crippen LogP contribution in [-0.2, 0) is 9.53 Å². The second-order valence-electron chi connectivity index (χ2n) is 4.26. The molecule has 1 rings (SSSR count). The van der Waals surface area contributed by atoms with Crippen molar-refractivity contribution < 1.29 is 9.53 Å². The number of carbonyl (C=O) groups excluding carboxylic acids is 1. The van der Waals surface area contributed by atoms with Crippen molar-refractivity contribution in [2.45, 2.75) is 44.9 Å². The Morgan fingerprint density at radius 3 is 2.57 bits per heavy atom. The Bertz CT molecular complexity index is 200. The van der Waals surface area contributed by atoms with E-state index in [-0.39, 0.29) is 30.7 Å². The van der Waals surface area contributed by atoms with Crippen LogP contribution < -0.4 is 5.73 Å². The summed E-state index contributed by atoms with van der Waals surface area (Å²) >= 11 is 0. The minimum atomic E-state index is 0.0421. The van der Waals surface area contributed by atoms with Crippen LogP contribution in [0.3, 0.4) is 0 Å². The molecule has 0 radical (unpaired) electrons. The van der Waals surface area contributed by atoms with Gasteiger partial charge in [-0.2, -0.15) is 0 Å². The molecular formula is C10H20N2O2. The van der Waals surface area contributed by atoms with Crippen molar-refractivity contribution in [3.63, 3.8) is 0 Å². The fraction of sp³-hybridized carbons (Fsp3) is 0.900. The molecule has 0 unspecified atom stereocenters. The van der Waals surface area contributed by atoms with Crippen molar-refractivity contribution in [2.75, 3.05) is 13.7 Å². The number of amides is 1. The van der Waals surface area contributed by atoms with Crippen LogP contribution in [-0.4, -0.2) is 42.6 Å². The number of carbonyl (C=O) groups is 1. The van der Waals surface area contributed by atoms with Gasteiger partial charge in [-0.05, 0) is 26.7 Å². The molecule has 1 saturated carbocycles. The van der Waals surface area contributed by atoms with Gasteiger partial charge in [0.05, 0.1) is 6.10 Å². The normalized spacial score (nSPS) is 26.1. The molecule has 4 heteroatoms. The molecule has 1 fully saturated rings. The molecule has 0 atom stereocenters. The largest absolute Gasteiger partial charge is 0.368 e. The lowest BCUT2D eigenvalue weighted by molar-refractivity contribution is -0.140. The van der Waals surface area contributed by atoms with Crippen molar-refractivity contribution in [3.8, 4) is 0 Å². The van der Waals surface area contributed by atoms with Crippen LogP contribution in [0.1, 0.15) is 26.7 Å². The van der Waals surface area contributed by atoms with E-state index in [4.69, 9.17) is 10.5 Å². The predicted molar refractivity (Wildman–Crippen MR) is 54.9 cm³/mol. The Hall–Kier alpha value is -0.610. The van der Waals surface area contributed by atoms with Gasteiger partial charge in [0.1, 0.15) is 6.61 Å². The number of rotatable bonds is 4. The summed E-state index contributed by atoms with van der Waals surface area (Å²) in [4.78, 5) is 13.2. The third-order valence-corrected chi connectivity index (χ3v) is 2.74. The zero-order valence-electron chi connectivity index (χ0n) is 9.19. The van der Waals surface area contributed by atoms with E-state index < -0.39 is 0 Å². The first kappa shape index (κ1) is 11.5. The van der Waals surface area contributed by atoms with Gasteiger partial charge in [-0.25, -0.2) is 0 Å². The minimum Gasteiger partial charge on any atom is -0.368 e. The first-order valence-corrected chi connectivity index (χ1v) is 5.13. The Kier molecular flexibility index (Phi) is 3.89. The summed E-state index contributed by atoms with van der Waals surface area (Å²) in [6.07, 6.45) is 1.98. The standard InChI is InChI=1S/C10H20N2O2/c1-7(2)12(3)10(13)6-14-9-4-8(11)5-9/h7-9H,4-6,11H2,1-3H3. The van der Waals surface area contributed by atoms with E-state index in [2.05, 4.69) is 0 Å². The highest BCUT2D eigenvalue weighted by atomic mass is 16.5. The second-order valence-corrected chi connectivity index (χ2v) is 4.26. The zero-order chi connectivity index (χ0) is 10.7. The molecular weight excluding hydrogens is 180 g/mol. The Morgan fingerprint density at radius 2 is 2.14 bits per heavy atom. The van der Waals surface area contributed by atoms with Crippen molar-refractivity contribution in [2.24, 2.45) is 5.73 Å². The van der Waals surface area contributed by atoms with Crippen LogP contribution >= 0.6 is 0 Å². The van der Waals surface area contributed by atoms with Crippen LogP contribution in [0, 0.1) is 0 Å². The van der Waals surface area contributed by atoms with Crippen molar-refractivity contribution in [1.29, 1.82) is 0 Å². The van der Waals surface area contributed by atoms with Crippen molar-refractivity contribution in [3.05, 3.63) is 0 Å². The van der Waals surface area contributed by atoms with Crippen LogP contribution in [0.5, 0.6) is 0 Å². The van der Waals surface area contributed by atoms with Crippen LogP contribution in [0.15, 0.2) is 0 Å². The molecule has 1 aliphatic carbocycles. The second kappa shape index (κ2) is 4.75. The smallest absolute Gasteiger partial charge is 0.248 e. The van der Waals surface area contributed by atoms with Crippen molar-refractivity contribution in [1.82, 2.24) is 4.90 Å². The SMILES string of the molecule is CC(C)N(C)C(=O)COC1CC(N)C1. The fourth-order valence-electron chi connectivity index (χ4n) is 1.32. The molecule has 0 saturated heterocycles. The Labute approximate surface area is 85.4 Å². The summed E-state index contributed by atoms with van der Waals surface area (Å²) in [5, 5.41) is 0. The summed E-state index contributed by atoms with van der Waals surface area (Å²) < 4.78 is 5.41. The number of nitrogens with two attached hydrogens (primary N) is 1. The average Bonchev–Trinajstić information content (AvgIpc) is 2.08. The molecule has 2 N–H and O–H groups in total. The number of hydrogen-bond acceptors (Lipinski definition) is 3. The Balaban J connectivity index is 2.15. The molecule has 4 nitrogen and oxygen atoms in total. The molecule has 0 heterocycles. The first-order valence-electron chi connectivity index (χ1n) is 5.13. The highest BCUT2D eigenvalue weighted by Crippen LogP contribution is 2.20. The highest BCUT2D eigenvalue weighted by Gasteiger charge is 2.27. The summed E-state index contributed by atoms with van der Waals surface area (Å²) in [5.74, 6) is 0.0421. The molecule has 14 heavy (non-hydrogen) atoms. The van der Waals surface area contributed by atoms with E-state index in [0.717, 1.165) is 12.8 Å². The quantitative estimate of drug-likeness (QED) is 0.713. The first-order chi connectivity index (χ1) is 6.50. The molecule has 1 amide bonds. The van der Waals surface area contributed by atoms with E-state index in [0.29, 0.717) is 0 Å². The molecule has 0 aromatic heterocycles. The molecule has 0 bridgehead atoms. The van der Waals surface area contributed by atoms with Crippen molar-refractivity contribution >= 4 is 5.91 Å². The lowest BCUT2D eigenvalue weighted by atomic mass is 9.90. The molecule has 1 aliphatic rings. The summed E-state index contributed by atoms with van der Waals surface area (Å²) in [7, 11) is 1.79. The van der Waals surface area contributed by atoms with E-state index in [1.807, 2.05) is 13.8 Å². The monoisotopic (exact) mass is 200 g/mol. The summed E-state index contributed by atoms with van der Waals surface area (Å²) in [6, 6.07) is 0.507. The lowest BCUT2D eigenvalue weighted by Crippen LogP contribution is -2.44. The number of ether oxygens (including phenoxy) is 1. The van der Waals surface area contributed by atoms with Gasteiger partial charge in [-0.1, -0.05) is 0 Å². The van der Waals surface area contributed by atoms with E-state index in [1.165, 1.54) is 0 Å². The lowest BCUT2D eigenvalue weighted by Gasteiger charge is -2.32. The van der Waals surface area contributed by atoms with Gasteiger partial charge in [0.25, 0.3) is 0 Å². The number of nitrogens with zero attached hydrogens (tertiary/aromatic N) is 1. The zero-order valence-corrected chi connectivity index (χ0v) is 9.19. The fourth-order valence-corrected chi connectivity index (χ4v) is 1.32. The maximum absolute atomic E-state index is 11.5. The van der Waals surface area contributed by atoms with E-state index >= 15 is 0 Å². The van der Waals surface area contributed by atoms with Gasteiger partial charge in [0.2, 0.25) is 5.91 Å². The molecule has 0 aliphatic heterocycles. The summed E-state index contributed by atoms with van der Waals surface area (Å²) in [5.41, 5.74) is 5.61. The maximum atomic E-state index is 11.5. The highest BCUT2D eigenvalue weighted by molar-refractivity contribution is 5.77. The number of hydrogen-bond donors (Lipinski definition) is 1. The topological polar surface area (TPSA) is 55.6 Å². The maximum Gasteiger partial charge on any atom is 0.248 e. The molecule has 0 aromatic carbocycles. The van der Waals surface area contributed by atoms with Gasteiger partial charge in [0.15, 0.2) is 0 Å². The van der Waals surface area contributed by atoms with Crippen LogP contribution in [0.2, 0.25) is 0 Å². The minimum absolute atomic E-state index is 0.0421. The third-order valence-electron chi connectivity index (χ3n) is 2.74. The van der Waals surface area contributed by atoms with E-state index in [1.54, 1.807) is 11.9 Å². The number of likely N-dealkylation sites (N-methyl/N-ethyl adjacent to an activating group) is 1. The average molecular weight is 200 g/mol. The summed E-state index contributed by atoms with van der Waals surface area (Å²) in [6.45, 7) is 4.15. The van der Waals surface area contributed by atoms with Crippen LogP contribution in [0.25, 0.3) is 0 Å². The van der Waals surface area contributed by atoms with Gasteiger partial charge >= 0.3 is 0 Å². The third kappa shape index (κ3) is 2.96. The van der Waals surface area contributed by atoms with Crippen LogP contribution in [0.4, 0.5) is 0 Å². The molecule has 82 valence electrons. The Morgan fingerprint density at radius 1 is 1.57 bits per heavy atom. The van der Waals surface area contributed by atoms with Gasteiger partial charge in [-0.3, -0.25) is 4.79 Å². The molecule has 0 spiro atoms. The van der Waals surface area contributed by atoms with Gasteiger partial charge < -0.3 is 15.4 Å². The van der Waals surface area contributed by atoms with E-state index in [9.17, 15) is 4.79 Å². The molecule has 0 aromatic rings. The van der Waals surface area contributed by atoms with Gasteiger partial charge in [0, 0.05) is 19.1 Å².